The average molecular weight is 363 g/mol. The standard InChI is InChI=1S/C20H15ClN4O/c1-13-18(20(26)25(24-13)17-5-3-2-4-6-17)19(15(11-22)12-23)14-7-9-16(21)10-8-14/h2-10,15,18-19H,1H3/t18-,19-/m0/s1. The van der Waals surface area contributed by atoms with E-state index in [1.807, 2.05) is 30.3 Å². The van der Waals surface area contributed by atoms with Gasteiger partial charge in [-0.05, 0) is 36.8 Å². The Morgan fingerprint density at radius 3 is 2.27 bits per heavy atom. The minimum atomic E-state index is -0.981. The second-order valence-electron chi connectivity index (χ2n) is 6.02. The summed E-state index contributed by atoms with van der Waals surface area (Å²) in [7, 11) is 0. The molecule has 0 fully saturated rings. The van der Waals surface area contributed by atoms with Gasteiger partial charge in [-0.2, -0.15) is 15.6 Å². The molecule has 26 heavy (non-hydrogen) atoms. The van der Waals surface area contributed by atoms with E-state index in [9.17, 15) is 15.3 Å². The summed E-state index contributed by atoms with van der Waals surface area (Å²) in [5, 5.41) is 25.2. The van der Waals surface area contributed by atoms with Crippen LogP contribution in [-0.2, 0) is 4.79 Å². The highest BCUT2D eigenvalue weighted by atomic mass is 35.5. The van der Waals surface area contributed by atoms with Gasteiger partial charge in [0.25, 0.3) is 5.91 Å². The molecule has 2 aromatic carbocycles. The van der Waals surface area contributed by atoms with Crippen molar-refractivity contribution in [3.05, 3.63) is 65.2 Å². The number of hydrogen-bond acceptors (Lipinski definition) is 4. The largest absolute Gasteiger partial charge is 0.272 e. The van der Waals surface area contributed by atoms with Gasteiger partial charge >= 0.3 is 0 Å². The monoisotopic (exact) mass is 362 g/mol. The van der Waals surface area contributed by atoms with Crippen LogP contribution in [0.25, 0.3) is 0 Å². The molecule has 3 rings (SSSR count). The van der Waals surface area contributed by atoms with Crippen molar-refractivity contribution < 1.29 is 4.79 Å². The third-order valence-corrected chi connectivity index (χ3v) is 4.69. The number of hydrogen-bond donors (Lipinski definition) is 0. The molecule has 2 atom stereocenters. The molecule has 0 bridgehead atoms. The van der Waals surface area contributed by atoms with Crippen LogP contribution in [-0.4, -0.2) is 11.6 Å². The molecule has 0 spiro atoms. The van der Waals surface area contributed by atoms with Crippen molar-refractivity contribution in [2.75, 3.05) is 5.01 Å². The van der Waals surface area contributed by atoms with Crippen LogP contribution in [0.4, 0.5) is 5.69 Å². The number of halogens is 1. The van der Waals surface area contributed by atoms with E-state index in [0.29, 0.717) is 22.0 Å². The number of carbonyl (C=O) groups excluding carboxylic acids is 1. The molecule has 1 aliphatic rings. The van der Waals surface area contributed by atoms with Gasteiger partial charge in [0.1, 0.15) is 5.92 Å². The lowest BCUT2D eigenvalue weighted by molar-refractivity contribution is -0.120. The minimum absolute atomic E-state index is 0.246. The summed E-state index contributed by atoms with van der Waals surface area (Å²) in [6.07, 6.45) is 0. The van der Waals surface area contributed by atoms with Crippen molar-refractivity contribution in [1.82, 2.24) is 0 Å². The number of amides is 1. The molecule has 1 aliphatic heterocycles. The van der Waals surface area contributed by atoms with Gasteiger partial charge in [0, 0.05) is 16.7 Å². The molecule has 1 amide bonds. The fourth-order valence-electron chi connectivity index (χ4n) is 3.20. The Hall–Kier alpha value is -3.15. The molecule has 0 aromatic heterocycles. The third-order valence-electron chi connectivity index (χ3n) is 4.43. The molecule has 2 aromatic rings. The van der Waals surface area contributed by atoms with E-state index in [0.717, 1.165) is 0 Å². The van der Waals surface area contributed by atoms with Crippen LogP contribution >= 0.6 is 11.6 Å². The summed E-state index contributed by atoms with van der Waals surface area (Å²) in [4.78, 5) is 13.1. The van der Waals surface area contributed by atoms with E-state index in [1.54, 1.807) is 43.3 Å². The maximum absolute atomic E-state index is 13.1. The van der Waals surface area contributed by atoms with Gasteiger partial charge in [0.05, 0.1) is 23.7 Å². The lowest BCUT2D eigenvalue weighted by Gasteiger charge is -2.24. The van der Waals surface area contributed by atoms with Crippen molar-refractivity contribution in [2.24, 2.45) is 16.9 Å². The second-order valence-corrected chi connectivity index (χ2v) is 6.45. The normalized spacial score (nSPS) is 17.6. The Morgan fingerprint density at radius 1 is 1.08 bits per heavy atom. The minimum Gasteiger partial charge on any atom is -0.272 e. The first-order valence-corrected chi connectivity index (χ1v) is 8.43. The van der Waals surface area contributed by atoms with Crippen LogP contribution in [0.3, 0.4) is 0 Å². The molecular weight excluding hydrogens is 348 g/mol. The molecule has 0 unspecified atom stereocenters. The molecular formula is C20H15ClN4O. The van der Waals surface area contributed by atoms with Crippen LogP contribution in [0.2, 0.25) is 5.02 Å². The molecule has 6 heteroatoms. The van der Waals surface area contributed by atoms with Crippen molar-refractivity contribution in [3.8, 4) is 12.1 Å². The van der Waals surface area contributed by atoms with Gasteiger partial charge in [0.15, 0.2) is 0 Å². The van der Waals surface area contributed by atoms with Crippen LogP contribution in [0, 0.1) is 34.5 Å². The Labute approximate surface area is 156 Å². The number of anilines is 1. The summed E-state index contributed by atoms with van der Waals surface area (Å²) in [5.41, 5.74) is 1.94. The molecule has 5 nitrogen and oxygen atoms in total. The number of nitriles is 2. The highest BCUT2D eigenvalue weighted by molar-refractivity contribution is 6.30. The first kappa shape index (κ1) is 17.7. The van der Waals surface area contributed by atoms with Crippen LogP contribution in [0.1, 0.15) is 18.4 Å². The van der Waals surface area contributed by atoms with Gasteiger partial charge in [-0.1, -0.05) is 41.9 Å². The quantitative estimate of drug-likeness (QED) is 0.820. The zero-order chi connectivity index (χ0) is 18.7. The lowest BCUT2D eigenvalue weighted by atomic mass is 9.76. The van der Waals surface area contributed by atoms with E-state index in [-0.39, 0.29) is 5.91 Å². The highest BCUT2D eigenvalue weighted by Gasteiger charge is 2.44. The zero-order valence-electron chi connectivity index (χ0n) is 14.0. The molecule has 0 aliphatic carbocycles. The molecule has 1 heterocycles. The average Bonchev–Trinajstić information content (AvgIpc) is 2.96. The van der Waals surface area contributed by atoms with Gasteiger partial charge in [0.2, 0.25) is 0 Å². The van der Waals surface area contributed by atoms with Gasteiger partial charge in [-0.15, -0.1) is 0 Å². The smallest absolute Gasteiger partial charge is 0.256 e. The number of hydrazone groups is 1. The van der Waals surface area contributed by atoms with Crippen molar-refractivity contribution in [3.63, 3.8) is 0 Å². The van der Waals surface area contributed by atoms with E-state index in [4.69, 9.17) is 11.6 Å². The third kappa shape index (κ3) is 3.18. The van der Waals surface area contributed by atoms with Crippen LogP contribution in [0.5, 0.6) is 0 Å². The Morgan fingerprint density at radius 2 is 1.69 bits per heavy atom. The topological polar surface area (TPSA) is 80.2 Å². The fraction of sp³-hybridized carbons (Fsp3) is 0.200. The predicted octanol–water partition coefficient (Wildman–Crippen LogP) is 4.13. The molecule has 0 saturated carbocycles. The summed E-state index contributed by atoms with van der Waals surface area (Å²) >= 11 is 5.95. The van der Waals surface area contributed by atoms with E-state index in [1.165, 1.54) is 5.01 Å². The summed E-state index contributed by atoms with van der Waals surface area (Å²) in [5.74, 6) is -2.52. The summed E-state index contributed by atoms with van der Waals surface area (Å²) in [6, 6.07) is 20.0. The number of para-hydroxylation sites is 1. The molecule has 0 N–H and O–H groups in total. The van der Waals surface area contributed by atoms with E-state index in [2.05, 4.69) is 5.10 Å². The SMILES string of the molecule is CC1=NN(c2ccccc2)C(=O)[C@@H]1[C@@H](c1ccc(Cl)cc1)C(C#N)C#N. The molecule has 128 valence electrons. The van der Waals surface area contributed by atoms with Gasteiger partial charge in [-0.25, -0.2) is 5.01 Å². The van der Waals surface area contributed by atoms with Crippen LogP contribution in [0.15, 0.2) is 59.7 Å². The Bertz CT molecular complexity index is 911. The number of rotatable bonds is 4. The molecule has 0 saturated heterocycles. The summed E-state index contributed by atoms with van der Waals surface area (Å²) in [6.45, 7) is 1.75. The first-order chi connectivity index (χ1) is 12.6. The second kappa shape index (κ2) is 7.39. The highest BCUT2D eigenvalue weighted by Crippen LogP contribution is 2.38. The zero-order valence-corrected chi connectivity index (χ0v) is 14.8. The Kier molecular flexibility index (Phi) is 5.02. The Balaban J connectivity index is 2.04. The van der Waals surface area contributed by atoms with E-state index < -0.39 is 17.8 Å². The van der Waals surface area contributed by atoms with E-state index >= 15 is 0 Å². The lowest BCUT2D eigenvalue weighted by Crippen LogP contribution is -2.34. The van der Waals surface area contributed by atoms with Gasteiger partial charge < -0.3 is 0 Å². The number of carbonyl (C=O) groups is 1. The van der Waals surface area contributed by atoms with Crippen molar-refractivity contribution >= 4 is 28.9 Å². The fourth-order valence-corrected chi connectivity index (χ4v) is 3.33. The molecule has 0 radical (unpaired) electrons. The van der Waals surface area contributed by atoms with Gasteiger partial charge in [-0.3, -0.25) is 4.79 Å². The number of benzene rings is 2. The number of nitrogens with zero attached hydrogens (tertiary/aromatic N) is 4. The van der Waals surface area contributed by atoms with Crippen LogP contribution < -0.4 is 5.01 Å². The first-order valence-electron chi connectivity index (χ1n) is 8.05. The van der Waals surface area contributed by atoms with Crippen molar-refractivity contribution in [2.45, 2.75) is 12.8 Å². The maximum Gasteiger partial charge on any atom is 0.256 e. The maximum atomic E-state index is 13.1. The summed E-state index contributed by atoms with van der Waals surface area (Å²) < 4.78 is 0. The predicted molar refractivity (Wildman–Crippen MR) is 99.4 cm³/mol. The van der Waals surface area contributed by atoms with Crippen molar-refractivity contribution in [1.29, 1.82) is 10.5 Å².